The van der Waals surface area contributed by atoms with E-state index in [-0.39, 0.29) is 15.9 Å². The van der Waals surface area contributed by atoms with E-state index < -0.39 is 60.6 Å². The Morgan fingerprint density at radius 1 is 0.553 bits per heavy atom. The maximum Gasteiger partial charge on any atom is 0.460 e. The van der Waals surface area contributed by atoms with Crippen LogP contribution in [0.25, 0.3) is 11.3 Å². The average Bonchev–Trinajstić information content (AvgIpc) is 3.26. The third-order valence-electron chi connectivity index (χ3n) is 5.05. The second-order valence-electron chi connectivity index (χ2n) is 7.63. The van der Waals surface area contributed by atoms with E-state index >= 15 is 0 Å². The van der Waals surface area contributed by atoms with Gasteiger partial charge in [-0.3, -0.25) is 4.68 Å². The molecule has 0 atom stereocenters. The first kappa shape index (κ1) is 31.4. The van der Waals surface area contributed by atoms with Crippen LogP contribution in [0.3, 0.4) is 0 Å². The molecule has 0 bridgehead atoms. The predicted octanol–water partition coefficient (Wildman–Crippen LogP) is 7.34. The quantitative estimate of drug-likeness (QED) is 0.271. The Hall–Kier alpha value is -2.83. The van der Waals surface area contributed by atoms with Crippen molar-refractivity contribution in [2.24, 2.45) is 0 Å². The molecule has 1 aromatic carbocycles. The van der Waals surface area contributed by atoms with E-state index in [9.17, 15) is 74.6 Å². The summed E-state index contributed by atoms with van der Waals surface area (Å²) in [6.45, 7) is -1.55. The van der Waals surface area contributed by atoms with Crippen LogP contribution in [-0.4, -0.2) is 62.6 Å². The van der Waals surface area contributed by atoms with Crippen LogP contribution >= 0.6 is 0 Å². The minimum absolute atomic E-state index is 0.106. The molecule has 3 nitrogen and oxygen atoms in total. The maximum atomic E-state index is 14.0. The van der Waals surface area contributed by atoms with Crippen molar-refractivity contribution in [2.45, 2.75) is 60.6 Å². The van der Waals surface area contributed by atoms with E-state index in [0.29, 0.717) is 0 Å². The van der Waals surface area contributed by atoms with Crippen molar-refractivity contribution in [3.05, 3.63) is 36.5 Å². The monoisotopic (exact) mass is 591 g/mol. The summed E-state index contributed by atoms with van der Waals surface area (Å²) in [5, 5.41) is 6.56. The molecule has 0 spiro atoms. The van der Waals surface area contributed by atoms with Gasteiger partial charge < -0.3 is 0 Å². The van der Waals surface area contributed by atoms with Gasteiger partial charge >= 0.3 is 47.6 Å². The lowest BCUT2D eigenvalue weighted by Crippen LogP contribution is -2.74. The lowest BCUT2D eigenvalue weighted by molar-refractivity contribution is -0.461. The van der Waals surface area contributed by atoms with Gasteiger partial charge in [0.05, 0.1) is 6.20 Å². The number of aryl methyl sites for hydroxylation is 1. The molecule has 2 rings (SSSR count). The highest BCUT2D eigenvalue weighted by Gasteiger charge is 2.95. The molecule has 1 aromatic heterocycles. The summed E-state index contributed by atoms with van der Waals surface area (Å²) in [6.07, 6.45) is -9.64. The van der Waals surface area contributed by atoms with E-state index in [2.05, 4.69) is 10.3 Å². The van der Waals surface area contributed by atoms with Crippen LogP contribution in [0.5, 0.6) is 0 Å². The molecule has 38 heavy (non-hydrogen) atoms. The molecular formula is C18H10F17N3. The van der Waals surface area contributed by atoms with E-state index in [4.69, 9.17) is 0 Å². The molecular weight excluding hydrogens is 581 g/mol. The number of nitrogens with zero attached hydrogens (tertiary/aromatic N) is 3. The highest BCUT2D eigenvalue weighted by Crippen LogP contribution is 2.64. The summed E-state index contributed by atoms with van der Waals surface area (Å²) in [5.41, 5.74) is 0.158. The van der Waals surface area contributed by atoms with Crippen molar-refractivity contribution < 1.29 is 74.6 Å². The van der Waals surface area contributed by atoms with Gasteiger partial charge in [-0.25, -0.2) is 0 Å². The van der Waals surface area contributed by atoms with Crippen molar-refractivity contribution in [3.8, 4) is 11.3 Å². The number of rotatable bonds is 10. The zero-order chi connectivity index (χ0) is 29.8. The van der Waals surface area contributed by atoms with Crippen LogP contribution in [0, 0.1) is 0 Å². The normalized spacial score (nSPS) is 15.2. The summed E-state index contributed by atoms with van der Waals surface area (Å²) in [7, 11) is 0. The molecule has 0 amide bonds. The zero-order valence-corrected chi connectivity index (χ0v) is 17.6. The molecule has 0 aliphatic heterocycles. The Kier molecular flexibility index (Phi) is 7.54. The van der Waals surface area contributed by atoms with Crippen LogP contribution in [0.4, 0.5) is 74.6 Å². The second kappa shape index (κ2) is 9.13. The number of alkyl halides is 17. The molecule has 216 valence electrons. The average molecular weight is 591 g/mol. The van der Waals surface area contributed by atoms with Crippen LogP contribution in [0.2, 0.25) is 0 Å². The molecule has 0 aliphatic rings. The molecule has 0 radical (unpaired) electrons. The SMILES string of the molecule is FC(F)(F)C(F)(F)C(F)(F)C(F)(F)C(F)(F)C(F)(F)C(F)(F)C(F)(F)CCn1cc(-c2ccccc2)nn1. The highest BCUT2D eigenvalue weighted by molar-refractivity contribution is 5.57. The molecule has 2 aromatic rings. The zero-order valence-electron chi connectivity index (χ0n) is 17.6. The molecule has 0 saturated carbocycles. The maximum absolute atomic E-state index is 14.0. The third kappa shape index (κ3) is 4.52. The van der Waals surface area contributed by atoms with Gasteiger partial charge in [0.2, 0.25) is 0 Å². The second-order valence-corrected chi connectivity index (χ2v) is 7.63. The third-order valence-corrected chi connectivity index (χ3v) is 5.05. The van der Waals surface area contributed by atoms with Crippen LogP contribution < -0.4 is 0 Å². The molecule has 0 N–H and O–H groups in total. The summed E-state index contributed by atoms with van der Waals surface area (Å²) in [4.78, 5) is 0. The predicted molar refractivity (Wildman–Crippen MR) is 90.8 cm³/mol. The minimum Gasteiger partial charge on any atom is -0.252 e. The van der Waals surface area contributed by atoms with Gasteiger partial charge in [0, 0.05) is 18.5 Å². The van der Waals surface area contributed by atoms with Gasteiger partial charge in [0.1, 0.15) is 5.69 Å². The van der Waals surface area contributed by atoms with Gasteiger partial charge in [-0.05, 0) is 0 Å². The fraction of sp³-hybridized carbons (Fsp3) is 0.556. The first-order valence-electron chi connectivity index (χ1n) is 9.46. The smallest absolute Gasteiger partial charge is 0.252 e. The number of hydrogen-bond acceptors (Lipinski definition) is 2. The fourth-order valence-electron chi connectivity index (χ4n) is 2.76. The Balaban J connectivity index is 2.39. The number of benzene rings is 1. The van der Waals surface area contributed by atoms with Crippen molar-refractivity contribution in [1.82, 2.24) is 15.0 Å². The fourth-order valence-corrected chi connectivity index (χ4v) is 2.76. The van der Waals surface area contributed by atoms with E-state index in [1.165, 1.54) is 30.3 Å². The first-order chi connectivity index (χ1) is 16.8. The number of hydrogen-bond donors (Lipinski definition) is 0. The Bertz CT molecular complexity index is 1100. The van der Waals surface area contributed by atoms with E-state index in [0.717, 1.165) is 6.20 Å². The van der Waals surface area contributed by atoms with Gasteiger partial charge in [-0.2, -0.15) is 74.6 Å². The van der Waals surface area contributed by atoms with Crippen molar-refractivity contribution in [3.63, 3.8) is 0 Å². The summed E-state index contributed by atoms with van der Waals surface area (Å²) in [6, 6.07) is 7.20. The largest absolute Gasteiger partial charge is 0.460 e. The van der Waals surface area contributed by atoms with E-state index in [1.807, 2.05) is 0 Å². The molecule has 0 fully saturated rings. The molecule has 0 saturated heterocycles. The van der Waals surface area contributed by atoms with Gasteiger partial charge in [0.25, 0.3) is 0 Å². The highest BCUT2D eigenvalue weighted by atomic mass is 19.4. The lowest BCUT2D eigenvalue weighted by Gasteiger charge is -2.42. The molecule has 1 heterocycles. The van der Waals surface area contributed by atoms with Crippen molar-refractivity contribution >= 4 is 0 Å². The van der Waals surface area contributed by atoms with Crippen LogP contribution in [0.15, 0.2) is 36.5 Å². The van der Waals surface area contributed by atoms with Gasteiger partial charge in [-0.15, -0.1) is 5.10 Å². The minimum atomic E-state index is -8.64. The topological polar surface area (TPSA) is 30.7 Å². The number of aromatic nitrogens is 3. The Morgan fingerprint density at radius 3 is 1.42 bits per heavy atom. The lowest BCUT2D eigenvalue weighted by atomic mass is 9.88. The Morgan fingerprint density at radius 2 is 0.974 bits per heavy atom. The van der Waals surface area contributed by atoms with Crippen molar-refractivity contribution in [2.75, 3.05) is 0 Å². The van der Waals surface area contributed by atoms with Crippen LogP contribution in [-0.2, 0) is 6.54 Å². The van der Waals surface area contributed by atoms with Gasteiger partial charge in [-0.1, -0.05) is 35.5 Å². The standard InChI is InChI=1S/C18H10F17N3/c19-11(20,6-7-38-8-10(36-37-38)9-4-2-1-3-5-9)12(21,22)13(23,24)14(25,26)15(27,28)16(29,30)17(31,32)18(33,34)35/h1-5,8H,6-7H2. The number of halogens is 17. The summed E-state index contributed by atoms with van der Waals surface area (Å²) < 4.78 is 226. The molecule has 0 unspecified atom stereocenters. The van der Waals surface area contributed by atoms with E-state index in [1.54, 1.807) is 0 Å². The summed E-state index contributed by atoms with van der Waals surface area (Å²) in [5.74, 6) is -56.4. The summed E-state index contributed by atoms with van der Waals surface area (Å²) >= 11 is 0. The molecule has 0 aliphatic carbocycles. The van der Waals surface area contributed by atoms with Crippen molar-refractivity contribution in [1.29, 1.82) is 0 Å². The molecule has 20 heteroatoms. The van der Waals surface area contributed by atoms with Gasteiger partial charge in [0.15, 0.2) is 0 Å². The first-order valence-corrected chi connectivity index (χ1v) is 9.46. The van der Waals surface area contributed by atoms with Crippen LogP contribution in [0.1, 0.15) is 6.42 Å². The Labute approximate surface area is 199 Å².